The molecule has 2 aromatic heterocycles. The van der Waals surface area contributed by atoms with Gasteiger partial charge in [-0.1, -0.05) is 43.6 Å². The zero-order chi connectivity index (χ0) is 16.8. The maximum absolute atomic E-state index is 13.1. The largest absolute Gasteiger partial charge is 0.299 e. The molecule has 4 aromatic rings. The van der Waals surface area contributed by atoms with Crippen molar-refractivity contribution in [2.24, 2.45) is 0 Å². The van der Waals surface area contributed by atoms with E-state index in [2.05, 4.69) is 24.9 Å². The van der Waals surface area contributed by atoms with Crippen molar-refractivity contribution in [1.82, 2.24) is 14.0 Å². The SMILES string of the molecule is CC(C)c1ccccc1-n1c(=O)c2nccn2c2ccc(Cl)cc21. The third kappa shape index (κ3) is 2.14. The summed E-state index contributed by atoms with van der Waals surface area (Å²) in [5, 5.41) is 0.595. The summed E-state index contributed by atoms with van der Waals surface area (Å²) in [7, 11) is 0. The first-order chi connectivity index (χ1) is 11.6. The molecule has 0 atom stereocenters. The van der Waals surface area contributed by atoms with Gasteiger partial charge in [-0.05, 0) is 35.7 Å². The molecule has 0 unspecified atom stereocenters. The fraction of sp³-hybridized carbons (Fsp3) is 0.158. The molecule has 0 aliphatic heterocycles. The van der Waals surface area contributed by atoms with Gasteiger partial charge in [-0.25, -0.2) is 4.98 Å². The van der Waals surface area contributed by atoms with Gasteiger partial charge in [0.1, 0.15) is 0 Å². The predicted octanol–water partition coefficient (Wildman–Crippen LogP) is 4.42. The van der Waals surface area contributed by atoms with Gasteiger partial charge in [-0.15, -0.1) is 0 Å². The first-order valence-corrected chi connectivity index (χ1v) is 8.22. The zero-order valence-electron chi connectivity index (χ0n) is 13.4. The lowest BCUT2D eigenvalue weighted by atomic mass is 10.0. The molecule has 0 spiro atoms. The monoisotopic (exact) mass is 337 g/mol. The Morgan fingerprint density at radius 1 is 1.08 bits per heavy atom. The second kappa shape index (κ2) is 5.49. The smallest absolute Gasteiger partial charge is 0.294 e. The van der Waals surface area contributed by atoms with Crippen LogP contribution in [-0.4, -0.2) is 14.0 Å². The highest BCUT2D eigenvalue weighted by Crippen LogP contribution is 2.26. The Morgan fingerprint density at radius 3 is 2.67 bits per heavy atom. The van der Waals surface area contributed by atoms with Crippen LogP contribution in [0.25, 0.3) is 22.4 Å². The Balaban J connectivity index is 2.24. The maximum atomic E-state index is 13.1. The van der Waals surface area contributed by atoms with Gasteiger partial charge in [-0.2, -0.15) is 0 Å². The molecule has 0 aliphatic carbocycles. The molecular weight excluding hydrogens is 322 g/mol. The van der Waals surface area contributed by atoms with Crippen molar-refractivity contribution in [3.8, 4) is 5.69 Å². The number of fused-ring (bicyclic) bond motifs is 3. The Hall–Kier alpha value is -2.59. The molecule has 5 heteroatoms. The molecule has 2 heterocycles. The van der Waals surface area contributed by atoms with Crippen molar-refractivity contribution in [2.45, 2.75) is 19.8 Å². The number of imidazole rings is 1. The van der Waals surface area contributed by atoms with Crippen molar-refractivity contribution in [1.29, 1.82) is 0 Å². The van der Waals surface area contributed by atoms with Crippen molar-refractivity contribution in [3.05, 3.63) is 75.8 Å². The van der Waals surface area contributed by atoms with Crippen LogP contribution in [0.3, 0.4) is 0 Å². The summed E-state index contributed by atoms with van der Waals surface area (Å²) < 4.78 is 3.53. The summed E-state index contributed by atoms with van der Waals surface area (Å²) >= 11 is 6.22. The molecule has 0 bridgehead atoms. The summed E-state index contributed by atoms with van der Waals surface area (Å²) in [4.78, 5) is 17.4. The number of halogens is 1. The van der Waals surface area contributed by atoms with E-state index in [9.17, 15) is 4.79 Å². The number of nitrogens with zero attached hydrogens (tertiary/aromatic N) is 3. The third-order valence-corrected chi connectivity index (χ3v) is 4.51. The van der Waals surface area contributed by atoms with E-state index in [0.717, 1.165) is 22.3 Å². The summed E-state index contributed by atoms with van der Waals surface area (Å²) in [6.07, 6.45) is 3.44. The fourth-order valence-electron chi connectivity index (χ4n) is 3.16. The van der Waals surface area contributed by atoms with Crippen LogP contribution in [0.1, 0.15) is 25.3 Å². The van der Waals surface area contributed by atoms with Crippen LogP contribution in [0.2, 0.25) is 5.02 Å². The van der Waals surface area contributed by atoms with Gasteiger partial charge in [0, 0.05) is 17.4 Å². The molecule has 24 heavy (non-hydrogen) atoms. The molecule has 0 amide bonds. The molecule has 2 aromatic carbocycles. The van der Waals surface area contributed by atoms with E-state index >= 15 is 0 Å². The lowest BCUT2D eigenvalue weighted by molar-refractivity contribution is 0.844. The topological polar surface area (TPSA) is 39.3 Å². The van der Waals surface area contributed by atoms with Gasteiger partial charge in [0.2, 0.25) is 5.65 Å². The molecule has 0 saturated carbocycles. The Morgan fingerprint density at radius 2 is 1.88 bits per heavy atom. The number of rotatable bonds is 2. The third-order valence-electron chi connectivity index (χ3n) is 4.27. The minimum atomic E-state index is -0.150. The van der Waals surface area contributed by atoms with Crippen LogP contribution in [-0.2, 0) is 0 Å². The second-order valence-electron chi connectivity index (χ2n) is 6.11. The molecule has 0 N–H and O–H groups in total. The molecule has 0 saturated heterocycles. The van der Waals surface area contributed by atoms with E-state index in [0.29, 0.717) is 16.6 Å². The number of hydrogen-bond donors (Lipinski definition) is 0. The van der Waals surface area contributed by atoms with Crippen LogP contribution < -0.4 is 5.56 Å². The summed E-state index contributed by atoms with van der Waals surface area (Å²) in [5.41, 5.74) is 3.90. The second-order valence-corrected chi connectivity index (χ2v) is 6.54. The number of para-hydroxylation sites is 1. The standard InChI is InChI=1S/C19H16ClN3O/c1-12(2)14-5-3-4-6-15(14)23-17-11-13(20)7-8-16(17)22-10-9-21-18(22)19(23)24/h3-12H,1-2H3. The van der Waals surface area contributed by atoms with Gasteiger partial charge >= 0.3 is 0 Å². The number of aromatic nitrogens is 3. The molecule has 0 radical (unpaired) electrons. The normalized spacial score (nSPS) is 11.7. The summed E-state index contributed by atoms with van der Waals surface area (Å²) in [6, 6.07) is 13.5. The average Bonchev–Trinajstić information content (AvgIpc) is 3.05. The van der Waals surface area contributed by atoms with Gasteiger partial charge in [0.05, 0.1) is 16.7 Å². The predicted molar refractivity (Wildman–Crippen MR) is 97.4 cm³/mol. The zero-order valence-corrected chi connectivity index (χ0v) is 14.2. The molecule has 0 fully saturated rings. The van der Waals surface area contributed by atoms with Gasteiger partial charge in [0.25, 0.3) is 5.56 Å². The minimum absolute atomic E-state index is 0.150. The first kappa shape index (κ1) is 15.0. The fourth-order valence-corrected chi connectivity index (χ4v) is 3.33. The van der Waals surface area contributed by atoms with E-state index in [4.69, 9.17) is 11.6 Å². The highest BCUT2D eigenvalue weighted by molar-refractivity contribution is 6.31. The maximum Gasteiger partial charge on any atom is 0.299 e. The van der Waals surface area contributed by atoms with Crippen molar-refractivity contribution in [2.75, 3.05) is 0 Å². The van der Waals surface area contributed by atoms with Crippen LogP contribution in [0.15, 0.2) is 59.7 Å². The molecule has 120 valence electrons. The van der Waals surface area contributed by atoms with Crippen LogP contribution >= 0.6 is 11.6 Å². The van der Waals surface area contributed by atoms with Crippen molar-refractivity contribution in [3.63, 3.8) is 0 Å². The first-order valence-electron chi connectivity index (χ1n) is 7.84. The molecular formula is C19H16ClN3O. The Labute approximate surface area is 143 Å². The van der Waals surface area contributed by atoms with E-state index < -0.39 is 0 Å². The van der Waals surface area contributed by atoms with Crippen LogP contribution in [0.4, 0.5) is 0 Å². The van der Waals surface area contributed by atoms with Crippen LogP contribution in [0, 0.1) is 0 Å². The lowest BCUT2D eigenvalue weighted by Gasteiger charge is -2.17. The number of benzene rings is 2. The van der Waals surface area contributed by atoms with Gasteiger partial charge in [-0.3, -0.25) is 13.8 Å². The van der Waals surface area contributed by atoms with Crippen molar-refractivity contribution < 1.29 is 0 Å². The highest BCUT2D eigenvalue weighted by atomic mass is 35.5. The summed E-state index contributed by atoms with van der Waals surface area (Å²) in [6.45, 7) is 4.24. The minimum Gasteiger partial charge on any atom is -0.294 e. The molecule has 0 aliphatic rings. The number of hydrogen-bond acceptors (Lipinski definition) is 2. The molecule has 4 rings (SSSR count). The van der Waals surface area contributed by atoms with E-state index in [1.165, 1.54) is 0 Å². The summed E-state index contributed by atoms with van der Waals surface area (Å²) in [5.74, 6) is 0.290. The highest BCUT2D eigenvalue weighted by Gasteiger charge is 2.16. The van der Waals surface area contributed by atoms with Crippen molar-refractivity contribution >= 4 is 28.3 Å². The Kier molecular flexibility index (Phi) is 3.43. The van der Waals surface area contributed by atoms with E-state index in [-0.39, 0.29) is 5.56 Å². The lowest BCUT2D eigenvalue weighted by Crippen LogP contribution is -2.23. The van der Waals surface area contributed by atoms with E-state index in [1.54, 1.807) is 17.0 Å². The average molecular weight is 338 g/mol. The quantitative estimate of drug-likeness (QED) is 0.543. The van der Waals surface area contributed by atoms with E-state index in [1.807, 2.05) is 40.8 Å². The molecule has 4 nitrogen and oxygen atoms in total. The van der Waals surface area contributed by atoms with Gasteiger partial charge < -0.3 is 0 Å². The Bertz CT molecular complexity index is 1120. The van der Waals surface area contributed by atoms with Crippen LogP contribution in [0.5, 0.6) is 0 Å². The van der Waals surface area contributed by atoms with Gasteiger partial charge in [0.15, 0.2) is 0 Å².